The molecular formula is C17H22O2. The molecule has 1 aromatic carbocycles. The average molecular weight is 258 g/mol. The van der Waals surface area contributed by atoms with E-state index in [1.165, 1.54) is 32.1 Å². The fourth-order valence-electron chi connectivity index (χ4n) is 3.78. The van der Waals surface area contributed by atoms with E-state index >= 15 is 0 Å². The summed E-state index contributed by atoms with van der Waals surface area (Å²) in [5.41, 5.74) is 0. The molecule has 0 bridgehead atoms. The predicted octanol–water partition coefficient (Wildman–Crippen LogP) is 4.20. The summed E-state index contributed by atoms with van der Waals surface area (Å²) in [5.74, 6) is 2.44. The maximum absolute atomic E-state index is 12.2. The van der Waals surface area contributed by atoms with E-state index in [0.717, 1.165) is 24.7 Å². The van der Waals surface area contributed by atoms with Gasteiger partial charge in [-0.05, 0) is 43.2 Å². The van der Waals surface area contributed by atoms with Gasteiger partial charge in [0.25, 0.3) is 0 Å². The van der Waals surface area contributed by atoms with Gasteiger partial charge in [-0.2, -0.15) is 0 Å². The number of fused-ring (bicyclic) bond motifs is 1. The third-order valence-electron chi connectivity index (χ3n) is 4.83. The lowest BCUT2D eigenvalue weighted by atomic mass is 9.67. The summed E-state index contributed by atoms with van der Waals surface area (Å²) in [6.07, 6.45) is 8.73. The van der Waals surface area contributed by atoms with Crippen LogP contribution >= 0.6 is 0 Å². The molecule has 2 aliphatic carbocycles. The third kappa shape index (κ3) is 2.99. The van der Waals surface area contributed by atoms with Crippen molar-refractivity contribution in [1.29, 1.82) is 0 Å². The lowest BCUT2D eigenvalue weighted by Crippen LogP contribution is -2.33. The van der Waals surface area contributed by atoms with E-state index in [4.69, 9.17) is 4.74 Å². The van der Waals surface area contributed by atoms with Gasteiger partial charge in [-0.15, -0.1) is 0 Å². The molecule has 2 fully saturated rings. The van der Waals surface area contributed by atoms with Crippen molar-refractivity contribution in [3.05, 3.63) is 30.3 Å². The molecule has 2 aliphatic rings. The molecule has 0 heterocycles. The average Bonchev–Trinajstić information content (AvgIpc) is 2.48. The second kappa shape index (κ2) is 5.77. The van der Waals surface area contributed by atoms with Gasteiger partial charge < -0.3 is 4.74 Å². The molecule has 0 N–H and O–H groups in total. The minimum atomic E-state index is -0.0183. The predicted molar refractivity (Wildman–Crippen MR) is 74.9 cm³/mol. The van der Waals surface area contributed by atoms with Crippen molar-refractivity contribution >= 4 is 5.97 Å². The van der Waals surface area contributed by atoms with Crippen molar-refractivity contribution < 1.29 is 9.53 Å². The van der Waals surface area contributed by atoms with Gasteiger partial charge in [0.1, 0.15) is 5.75 Å². The molecule has 2 saturated carbocycles. The number of rotatable bonds is 2. The number of hydrogen-bond acceptors (Lipinski definition) is 2. The minimum Gasteiger partial charge on any atom is -0.426 e. The van der Waals surface area contributed by atoms with E-state index in [-0.39, 0.29) is 11.9 Å². The smallest absolute Gasteiger partial charge is 0.314 e. The first kappa shape index (κ1) is 12.7. The molecular weight excluding hydrogens is 236 g/mol. The zero-order valence-electron chi connectivity index (χ0n) is 11.4. The number of benzene rings is 1. The van der Waals surface area contributed by atoms with Crippen LogP contribution in [0.4, 0.5) is 0 Å². The van der Waals surface area contributed by atoms with E-state index in [1.54, 1.807) is 0 Å². The Labute approximate surface area is 115 Å². The maximum atomic E-state index is 12.2. The fraction of sp³-hybridized carbons (Fsp3) is 0.588. The number of carbonyl (C=O) groups is 1. The Morgan fingerprint density at radius 3 is 2.47 bits per heavy atom. The number of carbonyl (C=O) groups excluding carboxylic acids is 1. The molecule has 0 spiro atoms. The lowest BCUT2D eigenvalue weighted by molar-refractivity contribution is -0.141. The highest BCUT2D eigenvalue weighted by Gasteiger charge is 2.35. The largest absolute Gasteiger partial charge is 0.426 e. The van der Waals surface area contributed by atoms with Crippen LogP contribution in [0.2, 0.25) is 0 Å². The van der Waals surface area contributed by atoms with Crippen molar-refractivity contribution in [3.63, 3.8) is 0 Å². The Morgan fingerprint density at radius 1 is 0.947 bits per heavy atom. The SMILES string of the molecule is O=C(Oc1ccccc1)[C@@H]1CC[C@@H]2CCCCC2C1. The van der Waals surface area contributed by atoms with Crippen molar-refractivity contribution in [3.8, 4) is 5.75 Å². The summed E-state index contributed by atoms with van der Waals surface area (Å²) in [7, 11) is 0. The highest BCUT2D eigenvalue weighted by molar-refractivity contribution is 5.75. The minimum absolute atomic E-state index is 0.0183. The van der Waals surface area contributed by atoms with Crippen LogP contribution in [0.15, 0.2) is 30.3 Å². The summed E-state index contributed by atoms with van der Waals surface area (Å²) in [6, 6.07) is 9.44. The van der Waals surface area contributed by atoms with E-state index in [2.05, 4.69) is 0 Å². The van der Waals surface area contributed by atoms with Crippen molar-refractivity contribution in [2.45, 2.75) is 44.9 Å². The molecule has 0 aromatic heterocycles. The van der Waals surface area contributed by atoms with Crippen LogP contribution in [0.3, 0.4) is 0 Å². The quantitative estimate of drug-likeness (QED) is 0.587. The molecule has 2 nitrogen and oxygen atoms in total. The van der Waals surface area contributed by atoms with Gasteiger partial charge in [-0.3, -0.25) is 4.79 Å². The Balaban J connectivity index is 1.59. The summed E-state index contributed by atoms with van der Waals surface area (Å²) in [5, 5.41) is 0. The van der Waals surface area contributed by atoms with Gasteiger partial charge in [0.2, 0.25) is 0 Å². The molecule has 0 radical (unpaired) electrons. The Morgan fingerprint density at radius 2 is 1.68 bits per heavy atom. The third-order valence-corrected chi connectivity index (χ3v) is 4.83. The van der Waals surface area contributed by atoms with Gasteiger partial charge >= 0.3 is 5.97 Å². The Bertz CT molecular complexity index is 426. The first-order valence-electron chi connectivity index (χ1n) is 7.59. The summed E-state index contributed by atoms with van der Waals surface area (Å²) >= 11 is 0. The number of para-hydroxylation sites is 1. The highest BCUT2D eigenvalue weighted by Crippen LogP contribution is 2.42. The van der Waals surface area contributed by atoms with Gasteiger partial charge in [0.05, 0.1) is 5.92 Å². The standard InChI is InChI=1S/C17H22O2/c18-17(19-16-8-2-1-3-9-16)15-11-10-13-6-4-5-7-14(13)12-15/h1-3,8-9,13-15H,4-7,10-12H2/t13-,14?,15+/m0/s1. The van der Waals surface area contributed by atoms with Crippen molar-refractivity contribution in [2.24, 2.45) is 17.8 Å². The van der Waals surface area contributed by atoms with Crippen LogP contribution in [0.25, 0.3) is 0 Å². The molecule has 3 rings (SSSR count). The molecule has 1 aromatic rings. The summed E-state index contributed by atoms with van der Waals surface area (Å²) in [4.78, 5) is 12.2. The van der Waals surface area contributed by atoms with E-state index in [1.807, 2.05) is 30.3 Å². The number of ether oxygens (including phenoxy) is 1. The maximum Gasteiger partial charge on any atom is 0.314 e. The monoisotopic (exact) mass is 258 g/mol. The van der Waals surface area contributed by atoms with E-state index in [9.17, 15) is 4.79 Å². The van der Waals surface area contributed by atoms with Gasteiger partial charge in [0.15, 0.2) is 0 Å². The Kier molecular flexibility index (Phi) is 3.86. The first-order chi connectivity index (χ1) is 9.33. The number of hydrogen-bond donors (Lipinski definition) is 0. The second-order valence-corrected chi connectivity index (χ2v) is 6.05. The van der Waals surface area contributed by atoms with Crippen LogP contribution in [0.5, 0.6) is 5.75 Å². The van der Waals surface area contributed by atoms with Crippen LogP contribution in [0.1, 0.15) is 44.9 Å². The normalized spacial score (nSPS) is 30.4. The lowest BCUT2D eigenvalue weighted by Gasteiger charge is -2.38. The van der Waals surface area contributed by atoms with Gasteiger partial charge in [-0.1, -0.05) is 43.9 Å². The highest BCUT2D eigenvalue weighted by atomic mass is 16.5. The van der Waals surface area contributed by atoms with Crippen molar-refractivity contribution in [1.82, 2.24) is 0 Å². The molecule has 0 saturated heterocycles. The van der Waals surface area contributed by atoms with Gasteiger partial charge in [0, 0.05) is 0 Å². The fourth-order valence-corrected chi connectivity index (χ4v) is 3.78. The van der Waals surface area contributed by atoms with E-state index < -0.39 is 0 Å². The molecule has 19 heavy (non-hydrogen) atoms. The van der Waals surface area contributed by atoms with Crippen LogP contribution in [-0.4, -0.2) is 5.97 Å². The topological polar surface area (TPSA) is 26.3 Å². The molecule has 0 amide bonds. The van der Waals surface area contributed by atoms with E-state index in [0.29, 0.717) is 5.75 Å². The molecule has 3 atom stereocenters. The number of esters is 1. The van der Waals surface area contributed by atoms with Crippen LogP contribution < -0.4 is 4.74 Å². The summed E-state index contributed by atoms with van der Waals surface area (Å²) in [6.45, 7) is 0. The molecule has 2 heteroatoms. The molecule has 102 valence electrons. The van der Waals surface area contributed by atoms with Crippen LogP contribution in [0, 0.1) is 17.8 Å². The zero-order chi connectivity index (χ0) is 13.1. The summed E-state index contributed by atoms with van der Waals surface area (Å²) < 4.78 is 5.49. The molecule has 1 unspecified atom stereocenters. The van der Waals surface area contributed by atoms with Crippen LogP contribution in [-0.2, 0) is 4.79 Å². The first-order valence-corrected chi connectivity index (χ1v) is 7.59. The second-order valence-electron chi connectivity index (χ2n) is 6.05. The van der Waals surface area contributed by atoms with Gasteiger partial charge in [-0.25, -0.2) is 0 Å². The Hall–Kier alpha value is -1.31. The van der Waals surface area contributed by atoms with Crippen molar-refractivity contribution in [2.75, 3.05) is 0 Å². The molecule has 0 aliphatic heterocycles. The zero-order valence-corrected chi connectivity index (χ0v) is 11.4.